The van der Waals surface area contributed by atoms with Crippen molar-refractivity contribution < 1.29 is 9.59 Å². The lowest BCUT2D eigenvalue weighted by molar-refractivity contribution is -0.138. The predicted molar refractivity (Wildman–Crippen MR) is 115 cm³/mol. The van der Waals surface area contributed by atoms with Gasteiger partial charge < -0.3 is 9.80 Å². The molecule has 0 radical (unpaired) electrons. The fraction of sp³-hybridized carbons (Fsp3) is 0.364. The van der Waals surface area contributed by atoms with Crippen molar-refractivity contribution in [1.82, 2.24) is 9.80 Å². The SMILES string of the molecule is Cc1cc(SCC(=O)N2CCN(C(=O)CCc3ccccc3)CC2)ccc1Cl. The number of carbonyl (C=O) groups excluding carboxylic acids is 2. The van der Waals surface area contributed by atoms with Gasteiger partial charge >= 0.3 is 0 Å². The summed E-state index contributed by atoms with van der Waals surface area (Å²) in [6.45, 7) is 4.41. The lowest BCUT2D eigenvalue weighted by Gasteiger charge is -2.35. The molecule has 0 atom stereocenters. The Kier molecular flexibility index (Phi) is 7.40. The summed E-state index contributed by atoms with van der Waals surface area (Å²) >= 11 is 7.57. The van der Waals surface area contributed by atoms with E-state index in [9.17, 15) is 9.59 Å². The number of halogens is 1. The van der Waals surface area contributed by atoms with E-state index < -0.39 is 0 Å². The maximum Gasteiger partial charge on any atom is 0.233 e. The molecule has 2 amide bonds. The number of benzene rings is 2. The molecule has 0 saturated carbocycles. The van der Waals surface area contributed by atoms with Crippen molar-refractivity contribution in [2.45, 2.75) is 24.7 Å². The van der Waals surface area contributed by atoms with Crippen molar-refractivity contribution in [3.8, 4) is 0 Å². The van der Waals surface area contributed by atoms with Crippen molar-refractivity contribution in [2.24, 2.45) is 0 Å². The van der Waals surface area contributed by atoms with Crippen LogP contribution in [0.3, 0.4) is 0 Å². The summed E-state index contributed by atoms with van der Waals surface area (Å²) in [7, 11) is 0. The van der Waals surface area contributed by atoms with Crippen LogP contribution in [0.1, 0.15) is 17.5 Å². The lowest BCUT2D eigenvalue weighted by atomic mass is 10.1. The van der Waals surface area contributed by atoms with E-state index in [4.69, 9.17) is 11.6 Å². The van der Waals surface area contributed by atoms with Crippen molar-refractivity contribution in [2.75, 3.05) is 31.9 Å². The van der Waals surface area contributed by atoms with Gasteiger partial charge in [0.15, 0.2) is 0 Å². The Labute approximate surface area is 175 Å². The molecule has 6 heteroatoms. The number of amides is 2. The Hall–Kier alpha value is -1.98. The molecule has 0 spiro atoms. The fourth-order valence-electron chi connectivity index (χ4n) is 3.20. The topological polar surface area (TPSA) is 40.6 Å². The highest BCUT2D eigenvalue weighted by atomic mass is 35.5. The Morgan fingerprint density at radius 2 is 1.61 bits per heavy atom. The Morgan fingerprint density at radius 1 is 0.964 bits per heavy atom. The molecule has 1 aliphatic heterocycles. The van der Waals surface area contributed by atoms with Crippen LogP contribution < -0.4 is 0 Å². The smallest absolute Gasteiger partial charge is 0.233 e. The molecule has 2 aromatic rings. The van der Waals surface area contributed by atoms with Crippen molar-refractivity contribution in [3.63, 3.8) is 0 Å². The minimum absolute atomic E-state index is 0.119. The number of nitrogens with zero attached hydrogens (tertiary/aromatic N) is 2. The summed E-state index contributed by atoms with van der Waals surface area (Å²) in [5.41, 5.74) is 2.20. The van der Waals surface area contributed by atoms with E-state index >= 15 is 0 Å². The standard InChI is InChI=1S/C22H25ClN2O2S/c1-17-15-19(8-9-20(17)23)28-16-22(27)25-13-11-24(12-14-25)21(26)10-7-18-5-3-2-4-6-18/h2-6,8-9,15H,7,10-14,16H2,1H3. The van der Waals surface area contributed by atoms with Crippen LogP contribution in [-0.4, -0.2) is 53.5 Å². The minimum Gasteiger partial charge on any atom is -0.339 e. The van der Waals surface area contributed by atoms with Crippen LogP contribution in [0.25, 0.3) is 0 Å². The molecule has 1 heterocycles. The first-order valence-electron chi connectivity index (χ1n) is 9.51. The van der Waals surface area contributed by atoms with Gasteiger partial charge in [0.05, 0.1) is 5.75 Å². The molecule has 148 valence electrons. The van der Waals surface area contributed by atoms with E-state index in [0.29, 0.717) is 38.4 Å². The molecule has 0 unspecified atom stereocenters. The van der Waals surface area contributed by atoms with Gasteiger partial charge in [0.25, 0.3) is 0 Å². The molecule has 1 saturated heterocycles. The number of thioether (sulfide) groups is 1. The van der Waals surface area contributed by atoms with E-state index in [-0.39, 0.29) is 11.8 Å². The zero-order valence-electron chi connectivity index (χ0n) is 16.1. The van der Waals surface area contributed by atoms with Crippen LogP contribution in [0.4, 0.5) is 0 Å². The van der Waals surface area contributed by atoms with Crippen LogP contribution in [-0.2, 0) is 16.0 Å². The second-order valence-electron chi connectivity index (χ2n) is 6.95. The Bertz CT molecular complexity index is 821. The first-order chi connectivity index (χ1) is 13.5. The first kappa shape index (κ1) is 20.7. The molecule has 0 aromatic heterocycles. The summed E-state index contributed by atoms with van der Waals surface area (Å²) in [4.78, 5) is 29.7. The van der Waals surface area contributed by atoms with Gasteiger partial charge in [-0.2, -0.15) is 0 Å². The highest BCUT2D eigenvalue weighted by Gasteiger charge is 2.23. The molecular formula is C22H25ClN2O2S. The summed E-state index contributed by atoms with van der Waals surface area (Å²) in [5.74, 6) is 0.694. The van der Waals surface area contributed by atoms with Gasteiger partial charge in [0.1, 0.15) is 0 Å². The number of piperazine rings is 1. The summed E-state index contributed by atoms with van der Waals surface area (Å²) < 4.78 is 0. The van der Waals surface area contributed by atoms with Crippen molar-refractivity contribution >= 4 is 35.2 Å². The molecule has 4 nitrogen and oxygen atoms in total. The van der Waals surface area contributed by atoms with Crippen molar-refractivity contribution in [1.29, 1.82) is 0 Å². The third-order valence-corrected chi connectivity index (χ3v) is 6.35. The monoisotopic (exact) mass is 416 g/mol. The second-order valence-corrected chi connectivity index (χ2v) is 8.40. The van der Waals surface area contributed by atoms with Crippen LogP contribution in [0, 0.1) is 6.92 Å². The Balaban J connectivity index is 1.40. The van der Waals surface area contributed by atoms with Gasteiger partial charge in [-0.3, -0.25) is 9.59 Å². The highest BCUT2D eigenvalue weighted by molar-refractivity contribution is 8.00. The van der Waals surface area contributed by atoms with Crippen LogP contribution >= 0.6 is 23.4 Å². The first-order valence-corrected chi connectivity index (χ1v) is 10.9. The summed E-state index contributed by atoms with van der Waals surface area (Å²) in [6, 6.07) is 15.9. The largest absolute Gasteiger partial charge is 0.339 e. The van der Waals surface area contributed by atoms with E-state index in [1.165, 1.54) is 17.3 Å². The predicted octanol–water partition coefficient (Wildman–Crippen LogP) is 4.04. The molecule has 28 heavy (non-hydrogen) atoms. The molecule has 0 N–H and O–H groups in total. The van der Waals surface area contributed by atoms with Gasteiger partial charge in [0.2, 0.25) is 11.8 Å². The molecule has 1 aliphatic rings. The molecule has 1 fully saturated rings. The molecule has 2 aromatic carbocycles. The minimum atomic E-state index is 0.119. The maximum atomic E-state index is 12.5. The molecular weight excluding hydrogens is 392 g/mol. The lowest BCUT2D eigenvalue weighted by Crippen LogP contribution is -2.51. The average molecular weight is 417 g/mol. The van der Waals surface area contributed by atoms with Gasteiger partial charge in [-0.25, -0.2) is 0 Å². The second kappa shape index (κ2) is 9.99. The molecule has 0 bridgehead atoms. The van der Waals surface area contributed by atoms with E-state index in [1.807, 2.05) is 65.3 Å². The van der Waals surface area contributed by atoms with Crippen LogP contribution in [0.2, 0.25) is 5.02 Å². The zero-order chi connectivity index (χ0) is 19.9. The van der Waals surface area contributed by atoms with Gasteiger partial charge in [-0.1, -0.05) is 41.9 Å². The number of rotatable bonds is 6. The fourth-order valence-corrected chi connectivity index (χ4v) is 4.22. The van der Waals surface area contributed by atoms with Crippen molar-refractivity contribution in [3.05, 3.63) is 64.7 Å². The number of hydrogen-bond donors (Lipinski definition) is 0. The van der Waals surface area contributed by atoms with E-state index in [0.717, 1.165) is 21.9 Å². The van der Waals surface area contributed by atoms with Crippen LogP contribution in [0.5, 0.6) is 0 Å². The average Bonchev–Trinajstić information content (AvgIpc) is 2.73. The summed E-state index contributed by atoms with van der Waals surface area (Å²) in [5, 5.41) is 0.740. The van der Waals surface area contributed by atoms with E-state index in [2.05, 4.69) is 0 Å². The van der Waals surface area contributed by atoms with Gasteiger partial charge in [-0.05, 0) is 42.7 Å². The number of aryl methyl sites for hydroxylation is 2. The number of hydrogen-bond acceptors (Lipinski definition) is 3. The third-order valence-electron chi connectivity index (χ3n) is 4.95. The maximum absolute atomic E-state index is 12.5. The van der Waals surface area contributed by atoms with Gasteiger partial charge in [0, 0.05) is 42.5 Å². The zero-order valence-corrected chi connectivity index (χ0v) is 17.6. The highest BCUT2D eigenvalue weighted by Crippen LogP contribution is 2.24. The quantitative estimate of drug-likeness (QED) is 0.667. The summed E-state index contributed by atoms with van der Waals surface area (Å²) in [6.07, 6.45) is 1.28. The van der Waals surface area contributed by atoms with Gasteiger partial charge in [-0.15, -0.1) is 11.8 Å². The Morgan fingerprint density at radius 3 is 2.25 bits per heavy atom. The molecule has 0 aliphatic carbocycles. The van der Waals surface area contributed by atoms with Crippen LogP contribution in [0.15, 0.2) is 53.4 Å². The van der Waals surface area contributed by atoms with E-state index in [1.54, 1.807) is 0 Å². The molecule has 3 rings (SSSR count). The normalized spacial score (nSPS) is 14.2. The third kappa shape index (κ3) is 5.76. The number of carbonyl (C=O) groups is 2.